The lowest BCUT2D eigenvalue weighted by molar-refractivity contribution is -0.129. The Kier molecular flexibility index (Phi) is 5.09. The fourth-order valence-corrected chi connectivity index (χ4v) is 1.86. The second kappa shape index (κ2) is 6.11. The third-order valence-electron chi connectivity index (χ3n) is 2.27. The summed E-state index contributed by atoms with van der Waals surface area (Å²) in [6.45, 7) is 1.91. The molecule has 0 aliphatic carbocycles. The van der Waals surface area contributed by atoms with Crippen molar-refractivity contribution in [2.45, 2.75) is 25.9 Å². The van der Waals surface area contributed by atoms with Gasteiger partial charge >= 0.3 is 0 Å². The van der Waals surface area contributed by atoms with Crippen molar-refractivity contribution in [3.05, 3.63) is 34.1 Å². The Bertz CT molecular complexity index is 379. The molecule has 0 amide bonds. The van der Waals surface area contributed by atoms with Gasteiger partial charge in [-0.3, -0.25) is 4.79 Å². The van der Waals surface area contributed by atoms with Crippen LogP contribution in [0.25, 0.3) is 0 Å². The van der Waals surface area contributed by atoms with E-state index in [1.807, 2.05) is 6.92 Å². The molecule has 1 aromatic rings. The zero-order valence-electron chi connectivity index (χ0n) is 9.30. The normalized spacial score (nSPS) is 12.5. The molecular weight excluding hydrogens is 275 g/mol. The second-order valence-corrected chi connectivity index (χ2v) is 4.41. The predicted molar refractivity (Wildman–Crippen MR) is 63.8 cm³/mol. The van der Waals surface area contributed by atoms with E-state index in [-0.39, 0.29) is 5.78 Å². The minimum absolute atomic E-state index is 0.0915. The summed E-state index contributed by atoms with van der Waals surface area (Å²) in [5.41, 5.74) is 0.296. The molecule has 0 N–H and O–H groups in total. The van der Waals surface area contributed by atoms with E-state index in [4.69, 9.17) is 4.74 Å². The first-order valence-corrected chi connectivity index (χ1v) is 5.90. The number of rotatable bonds is 5. The average Bonchev–Trinajstić information content (AvgIpc) is 2.22. The Hall–Kier alpha value is -0.740. The zero-order chi connectivity index (χ0) is 12.1. The van der Waals surface area contributed by atoms with Crippen LogP contribution in [0.2, 0.25) is 0 Å². The fourth-order valence-electron chi connectivity index (χ4n) is 1.52. The van der Waals surface area contributed by atoms with Crippen LogP contribution in [-0.4, -0.2) is 12.9 Å². The summed E-state index contributed by atoms with van der Waals surface area (Å²) < 4.78 is 19.3. The van der Waals surface area contributed by atoms with Gasteiger partial charge in [0.25, 0.3) is 0 Å². The monoisotopic (exact) mass is 288 g/mol. The number of hydrogen-bond acceptors (Lipinski definition) is 2. The van der Waals surface area contributed by atoms with Gasteiger partial charge in [-0.15, -0.1) is 0 Å². The van der Waals surface area contributed by atoms with Gasteiger partial charge < -0.3 is 4.74 Å². The molecule has 0 heterocycles. The molecule has 0 aliphatic rings. The van der Waals surface area contributed by atoms with Gasteiger partial charge in [0.2, 0.25) is 0 Å². The van der Waals surface area contributed by atoms with Crippen LogP contribution in [0.4, 0.5) is 4.39 Å². The summed E-state index contributed by atoms with van der Waals surface area (Å²) in [4.78, 5) is 11.7. The molecule has 1 unspecified atom stereocenters. The molecule has 4 heteroatoms. The van der Waals surface area contributed by atoms with E-state index >= 15 is 0 Å². The summed E-state index contributed by atoms with van der Waals surface area (Å²) in [6, 6.07) is 4.60. The van der Waals surface area contributed by atoms with Crippen molar-refractivity contribution >= 4 is 21.7 Å². The highest BCUT2D eigenvalue weighted by Gasteiger charge is 2.22. The van der Waals surface area contributed by atoms with Crippen LogP contribution in [0.5, 0.6) is 0 Å². The number of hydrogen-bond donors (Lipinski definition) is 0. The molecule has 0 spiro atoms. The summed E-state index contributed by atoms with van der Waals surface area (Å²) in [6.07, 6.45) is 0.332. The lowest BCUT2D eigenvalue weighted by Crippen LogP contribution is -2.15. The lowest BCUT2D eigenvalue weighted by Gasteiger charge is -2.15. The zero-order valence-corrected chi connectivity index (χ0v) is 10.9. The Morgan fingerprint density at radius 2 is 2.25 bits per heavy atom. The number of carbonyl (C=O) groups is 1. The van der Waals surface area contributed by atoms with Gasteiger partial charge in [0, 0.05) is 23.6 Å². The molecule has 0 fully saturated rings. The van der Waals surface area contributed by atoms with Crippen LogP contribution in [0, 0.1) is 5.82 Å². The van der Waals surface area contributed by atoms with Crippen molar-refractivity contribution in [2.24, 2.45) is 0 Å². The number of ketones is 1. The molecule has 2 nitrogen and oxygen atoms in total. The second-order valence-electron chi connectivity index (χ2n) is 3.50. The third kappa shape index (κ3) is 3.12. The number of halogens is 2. The largest absolute Gasteiger partial charge is 0.369 e. The quantitative estimate of drug-likeness (QED) is 0.827. The van der Waals surface area contributed by atoms with Crippen molar-refractivity contribution < 1.29 is 13.9 Å². The van der Waals surface area contributed by atoms with Crippen LogP contribution in [-0.2, 0) is 9.53 Å². The Labute approximate surface area is 103 Å². The molecular formula is C12H14BrFO2. The average molecular weight is 289 g/mol. The Balaban J connectivity index is 2.99. The van der Waals surface area contributed by atoms with Gasteiger partial charge in [0.15, 0.2) is 5.78 Å². The maximum atomic E-state index is 13.6. The summed E-state index contributed by atoms with van der Waals surface area (Å²) in [7, 11) is 1.42. The van der Waals surface area contributed by atoms with E-state index in [1.165, 1.54) is 13.2 Å². The van der Waals surface area contributed by atoms with Crippen molar-refractivity contribution in [3.8, 4) is 0 Å². The van der Waals surface area contributed by atoms with Gasteiger partial charge in [-0.25, -0.2) is 4.39 Å². The maximum Gasteiger partial charge on any atom is 0.166 e. The molecule has 1 aromatic carbocycles. The molecule has 1 rings (SSSR count). The van der Waals surface area contributed by atoms with Crippen molar-refractivity contribution in [3.63, 3.8) is 0 Å². The van der Waals surface area contributed by atoms with Crippen molar-refractivity contribution in [1.29, 1.82) is 0 Å². The van der Waals surface area contributed by atoms with Gasteiger partial charge in [0.05, 0.1) is 0 Å². The minimum Gasteiger partial charge on any atom is -0.369 e. The molecule has 0 saturated heterocycles. The first kappa shape index (κ1) is 13.3. The summed E-state index contributed by atoms with van der Waals surface area (Å²) in [5.74, 6) is -0.517. The Morgan fingerprint density at radius 1 is 1.56 bits per heavy atom. The highest BCUT2D eigenvalue weighted by Crippen LogP contribution is 2.25. The van der Waals surface area contributed by atoms with E-state index in [2.05, 4.69) is 15.9 Å². The standard InChI is InChI=1S/C12H14BrFO2/c1-3-4-11(15)12(16-2)9-6-5-8(13)7-10(9)14/h5-7,12H,3-4H2,1-2H3. The van der Waals surface area contributed by atoms with E-state index in [9.17, 15) is 9.18 Å². The van der Waals surface area contributed by atoms with Crippen LogP contribution in [0.1, 0.15) is 31.4 Å². The topological polar surface area (TPSA) is 26.3 Å². The lowest BCUT2D eigenvalue weighted by atomic mass is 10.0. The number of methoxy groups -OCH3 is 1. The van der Waals surface area contributed by atoms with E-state index < -0.39 is 11.9 Å². The van der Waals surface area contributed by atoms with Crippen LogP contribution in [0.15, 0.2) is 22.7 Å². The fraction of sp³-hybridized carbons (Fsp3) is 0.417. The van der Waals surface area contributed by atoms with Gasteiger partial charge in [-0.05, 0) is 18.6 Å². The molecule has 0 aliphatic heterocycles. The highest BCUT2D eigenvalue weighted by atomic mass is 79.9. The summed E-state index contributed by atoms with van der Waals surface area (Å²) >= 11 is 3.17. The maximum absolute atomic E-state index is 13.6. The van der Waals surface area contributed by atoms with E-state index in [1.54, 1.807) is 12.1 Å². The van der Waals surface area contributed by atoms with Crippen molar-refractivity contribution in [1.82, 2.24) is 0 Å². The third-order valence-corrected chi connectivity index (χ3v) is 2.76. The predicted octanol–water partition coefficient (Wildman–Crippen LogP) is 3.64. The van der Waals surface area contributed by atoms with Gasteiger partial charge in [-0.2, -0.15) is 0 Å². The van der Waals surface area contributed by atoms with Crippen LogP contribution < -0.4 is 0 Å². The molecule has 0 bridgehead atoms. The Morgan fingerprint density at radius 3 is 2.75 bits per heavy atom. The van der Waals surface area contributed by atoms with E-state index in [0.717, 1.165) is 6.42 Å². The van der Waals surface area contributed by atoms with E-state index in [0.29, 0.717) is 16.5 Å². The van der Waals surface area contributed by atoms with Crippen molar-refractivity contribution in [2.75, 3.05) is 7.11 Å². The van der Waals surface area contributed by atoms with Crippen LogP contribution in [0.3, 0.4) is 0 Å². The molecule has 16 heavy (non-hydrogen) atoms. The molecule has 0 saturated carbocycles. The number of ether oxygens (including phenoxy) is 1. The van der Waals surface area contributed by atoms with Gasteiger partial charge in [-0.1, -0.05) is 28.9 Å². The molecule has 1 atom stereocenters. The first-order valence-electron chi connectivity index (χ1n) is 5.10. The number of Topliss-reactive ketones (excluding diaryl/α,β-unsaturated/α-hetero) is 1. The summed E-state index contributed by atoms with van der Waals surface area (Å²) in [5, 5.41) is 0. The highest BCUT2D eigenvalue weighted by molar-refractivity contribution is 9.10. The molecule has 0 radical (unpaired) electrons. The first-order chi connectivity index (χ1) is 7.60. The van der Waals surface area contributed by atoms with Gasteiger partial charge in [0.1, 0.15) is 11.9 Å². The number of carbonyl (C=O) groups excluding carboxylic acids is 1. The molecule has 0 aromatic heterocycles. The van der Waals surface area contributed by atoms with Crippen LogP contribution >= 0.6 is 15.9 Å². The number of benzene rings is 1. The minimum atomic E-state index is -0.798. The molecule has 88 valence electrons. The SMILES string of the molecule is CCCC(=O)C(OC)c1ccc(Br)cc1F. The smallest absolute Gasteiger partial charge is 0.166 e.